The summed E-state index contributed by atoms with van der Waals surface area (Å²) in [4.78, 5) is 20.1. The first-order valence-electron chi connectivity index (χ1n) is 8.82. The first-order valence-corrected chi connectivity index (χ1v) is 9.70. The molecule has 1 unspecified atom stereocenters. The molecule has 1 amide bonds. The molecule has 1 aromatic carbocycles. The van der Waals surface area contributed by atoms with Crippen LogP contribution in [0.3, 0.4) is 0 Å². The van der Waals surface area contributed by atoms with Crippen LogP contribution in [0.5, 0.6) is 5.75 Å². The number of hydrogen-bond donors (Lipinski definition) is 2. The van der Waals surface area contributed by atoms with Crippen LogP contribution in [0.25, 0.3) is 0 Å². The number of pyridine rings is 1. The second kappa shape index (κ2) is 8.80. The molecular formula is C20H18F3N3O3S. The van der Waals surface area contributed by atoms with Crippen LogP contribution in [0.4, 0.5) is 18.9 Å². The number of rotatable bonds is 7. The van der Waals surface area contributed by atoms with Crippen LogP contribution in [0.1, 0.15) is 22.8 Å². The van der Waals surface area contributed by atoms with Crippen molar-refractivity contribution in [2.45, 2.75) is 31.7 Å². The molecule has 3 rings (SSSR count). The van der Waals surface area contributed by atoms with Crippen LogP contribution in [0.2, 0.25) is 0 Å². The summed E-state index contributed by atoms with van der Waals surface area (Å²) in [7, 11) is 0. The predicted octanol–water partition coefficient (Wildman–Crippen LogP) is 4.20. The lowest BCUT2D eigenvalue weighted by Crippen LogP contribution is -2.45. The van der Waals surface area contributed by atoms with Crippen molar-refractivity contribution in [3.8, 4) is 5.75 Å². The smallest absolute Gasteiger partial charge is 0.424 e. The minimum Gasteiger partial charge on any atom is -0.487 e. The predicted molar refractivity (Wildman–Crippen MR) is 105 cm³/mol. The van der Waals surface area contributed by atoms with Crippen molar-refractivity contribution >= 4 is 22.9 Å². The van der Waals surface area contributed by atoms with Crippen molar-refractivity contribution in [1.29, 1.82) is 0 Å². The van der Waals surface area contributed by atoms with E-state index in [0.29, 0.717) is 28.5 Å². The third-order valence-corrected chi connectivity index (χ3v) is 5.20. The van der Waals surface area contributed by atoms with Gasteiger partial charge in [0, 0.05) is 29.0 Å². The molecule has 30 heavy (non-hydrogen) atoms. The maximum absolute atomic E-state index is 13.5. The molecule has 3 aromatic rings. The number of thiazole rings is 1. The van der Waals surface area contributed by atoms with E-state index in [1.54, 1.807) is 30.5 Å². The minimum absolute atomic E-state index is 0.190. The lowest BCUT2D eigenvalue weighted by molar-refractivity contribution is -0.266. The number of aliphatic hydroxyl groups is 1. The molecule has 158 valence electrons. The van der Waals surface area contributed by atoms with Crippen LogP contribution < -0.4 is 10.1 Å². The Hall–Kier alpha value is -2.98. The number of aromatic nitrogens is 2. The highest BCUT2D eigenvalue weighted by Gasteiger charge is 2.58. The summed E-state index contributed by atoms with van der Waals surface area (Å²) < 4.78 is 46.2. The van der Waals surface area contributed by atoms with Gasteiger partial charge in [-0.3, -0.25) is 9.78 Å². The third kappa shape index (κ3) is 5.14. The lowest BCUT2D eigenvalue weighted by Gasteiger charge is -2.27. The van der Waals surface area contributed by atoms with Gasteiger partial charge in [-0.1, -0.05) is 12.1 Å². The van der Waals surface area contributed by atoms with E-state index in [9.17, 15) is 23.1 Å². The quantitative estimate of drug-likeness (QED) is 0.579. The highest BCUT2D eigenvalue weighted by molar-refractivity contribution is 7.09. The van der Waals surface area contributed by atoms with Crippen molar-refractivity contribution in [3.63, 3.8) is 0 Å². The topological polar surface area (TPSA) is 84.3 Å². The normalized spacial score (nSPS) is 13.5. The van der Waals surface area contributed by atoms with E-state index in [-0.39, 0.29) is 12.3 Å². The summed E-state index contributed by atoms with van der Waals surface area (Å²) in [6.45, 7) is 1.70. The van der Waals surface area contributed by atoms with Gasteiger partial charge in [-0.25, -0.2) is 4.98 Å². The zero-order valence-electron chi connectivity index (χ0n) is 15.8. The second-order valence-electron chi connectivity index (χ2n) is 6.51. The van der Waals surface area contributed by atoms with Crippen molar-refractivity contribution in [2.24, 2.45) is 0 Å². The Morgan fingerprint density at radius 3 is 2.67 bits per heavy atom. The van der Waals surface area contributed by atoms with Crippen molar-refractivity contribution in [2.75, 3.05) is 5.32 Å². The molecule has 0 aliphatic rings. The van der Waals surface area contributed by atoms with Gasteiger partial charge in [0.05, 0.1) is 12.1 Å². The molecule has 0 radical (unpaired) electrons. The first kappa shape index (κ1) is 21.7. The number of nitrogens with zero attached hydrogens (tertiary/aromatic N) is 2. The van der Waals surface area contributed by atoms with Gasteiger partial charge in [0.25, 0.3) is 0 Å². The first-order chi connectivity index (χ1) is 14.2. The number of hydrogen-bond acceptors (Lipinski definition) is 6. The number of aryl methyl sites for hydroxylation is 1. The molecule has 6 nitrogen and oxygen atoms in total. The number of carbonyl (C=O) groups excluding carboxylic acids is 1. The molecule has 0 spiro atoms. The van der Waals surface area contributed by atoms with E-state index < -0.39 is 29.1 Å². The van der Waals surface area contributed by atoms with E-state index in [0.717, 1.165) is 0 Å². The van der Waals surface area contributed by atoms with E-state index in [1.807, 2.05) is 6.07 Å². The molecule has 10 heteroatoms. The standard InChI is InChI=1S/C20H18F3N3O3S/c1-13-12-30-18(25-13)19(28,20(21,22)23)10-17(27)26-14-6-4-7-16(9-14)29-11-15-5-2-3-8-24-15/h2-9,12,28H,10-11H2,1H3,(H,26,27). The molecule has 0 aliphatic carbocycles. The molecular weight excluding hydrogens is 419 g/mol. The van der Waals surface area contributed by atoms with Crippen molar-refractivity contribution < 1.29 is 27.8 Å². The van der Waals surface area contributed by atoms with Gasteiger partial charge in [0.15, 0.2) is 0 Å². The summed E-state index contributed by atoms with van der Waals surface area (Å²) in [5.41, 5.74) is -2.11. The largest absolute Gasteiger partial charge is 0.487 e. The molecule has 0 aliphatic heterocycles. The molecule has 0 bridgehead atoms. The Labute approximate surface area is 174 Å². The average molecular weight is 437 g/mol. The van der Waals surface area contributed by atoms with Crippen LogP contribution >= 0.6 is 11.3 Å². The maximum atomic E-state index is 13.5. The fourth-order valence-electron chi connectivity index (χ4n) is 2.58. The summed E-state index contributed by atoms with van der Waals surface area (Å²) in [6, 6.07) is 11.6. The number of carbonyl (C=O) groups is 1. The maximum Gasteiger partial charge on any atom is 0.424 e. The Balaban J connectivity index is 1.69. The minimum atomic E-state index is -5.07. The number of benzene rings is 1. The molecule has 2 heterocycles. The highest BCUT2D eigenvalue weighted by Crippen LogP contribution is 2.43. The van der Waals surface area contributed by atoms with Crippen LogP contribution in [-0.2, 0) is 17.0 Å². The zero-order valence-corrected chi connectivity index (χ0v) is 16.6. The van der Waals surface area contributed by atoms with Gasteiger partial charge in [0.1, 0.15) is 17.4 Å². The summed E-state index contributed by atoms with van der Waals surface area (Å²) >= 11 is 0.652. The van der Waals surface area contributed by atoms with E-state index in [1.165, 1.54) is 24.4 Å². The second-order valence-corrected chi connectivity index (χ2v) is 7.37. The number of halogens is 3. The van der Waals surface area contributed by atoms with Gasteiger partial charge >= 0.3 is 6.18 Å². The Bertz CT molecular complexity index is 1010. The number of nitrogens with one attached hydrogen (secondary N) is 1. The fourth-order valence-corrected chi connectivity index (χ4v) is 3.50. The summed E-state index contributed by atoms with van der Waals surface area (Å²) in [5, 5.41) is 13.5. The summed E-state index contributed by atoms with van der Waals surface area (Å²) in [5.74, 6) is -0.607. The van der Waals surface area contributed by atoms with Gasteiger partial charge in [0.2, 0.25) is 11.5 Å². The Morgan fingerprint density at radius 2 is 2.03 bits per heavy atom. The number of anilines is 1. The summed E-state index contributed by atoms with van der Waals surface area (Å²) in [6.07, 6.45) is -4.66. The zero-order chi connectivity index (χ0) is 21.8. The molecule has 0 saturated heterocycles. The molecule has 0 saturated carbocycles. The molecule has 1 atom stereocenters. The van der Waals surface area contributed by atoms with Crippen LogP contribution in [0.15, 0.2) is 54.0 Å². The third-order valence-electron chi connectivity index (χ3n) is 4.09. The van der Waals surface area contributed by atoms with Crippen LogP contribution in [0, 0.1) is 6.92 Å². The number of alkyl halides is 3. The van der Waals surface area contributed by atoms with E-state index in [4.69, 9.17) is 4.74 Å². The molecule has 0 fully saturated rings. The monoisotopic (exact) mass is 437 g/mol. The van der Waals surface area contributed by atoms with Gasteiger partial charge < -0.3 is 15.2 Å². The van der Waals surface area contributed by atoms with Crippen molar-refractivity contribution in [1.82, 2.24) is 9.97 Å². The molecule has 2 N–H and O–H groups in total. The van der Waals surface area contributed by atoms with Crippen LogP contribution in [-0.4, -0.2) is 27.2 Å². The van der Waals surface area contributed by atoms with E-state index in [2.05, 4.69) is 15.3 Å². The Kier molecular flexibility index (Phi) is 6.37. The van der Waals surface area contributed by atoms with Crippen molar-refractivity contribution in [3.05, 3.63) is 70.4 Å². The van der Waals surface area contributed by atoms with Gasteiger partial charge in [-0.05, 0) is 31.2 Å². The average Bonchev–Trinajstić information content (AvgIpc) is 3.13. The van der Waals surface area contributed by atoms with E-state index >= 15 is 0 Å². The number of amides is 1. The highest BCUT2D eigenvalue weighted by atomic mass is 32.1. The SMILES string of the molecule is Cc1csc(C(O)(CC(=O)Nc2cccc(OCc3ccccn3)c2)C(F)(F)F)n1. The van der Waals surface area contributed by atoms with Gasteiger partial charge in [-0.15, -0.1) is 11.3 Å². The Morgan fingerprint density at radius 1 is 1.23 bits per heavy atom. The lowest BCUT2D eigenvalue weighted by atomic mass is 9.99. The van der Waals surface area contributed by atoms with Gasteiger partial charge in [-0.2, -0.15) is 13.2 Å². The number of ether oxygens (including phenoxy) is 1. The fraction of sp³-hybridized carbons (Fsp3) is 0.250. The molecule has 2 aromatic heterocycles.